The van der Waals surface area contributed by atoms with Gasteiger partial charge in [-0.1, -0.05) is 32.0 Å². The van der Waals surface area contributed by atoms with Crippen LogP contribution < -0.4 is 14.2 Å². The zero-order chi connectivity index (χ0) is 19.9. The zero-order valence-corrected chi connectivity index (χ0v) is 16.5. The van der Waals surface area contributed by atoms with Gasteiger partial charge in [0, 0.05) is 18.4 Å². The van der Waals surface area contributed by atoms with Gasteiger partial charge in [0.15, 0.2) is 11.5 Å². The molecule has 0 bridgehead atoms. The molecule has 1 unspecified atom stereocenters. The Labute approximate surface area is 164 Å². The predicted molar refractivity (Wildman–Crippen MR) is 104 cm³/mol. The quantitative estimate of drug-likeness (QED) is 0.741. The molecule has 1 aliphatic carbocycles. The van der Waals surface area contributed by atoms with Crippen molar-refractivity contribution < 1.29 is 23.4 Å². The summed E-state index contributed by atoms with van der Waals surface area (Å²) in [5.74, 6) is 1.65. The minimum atomic E-state index is -0.333. The predicted octanol–water partition coefficient (Wildman–Crippen LogP) is 4.82. The first kappa shape index (κ1) is 18.8. The van der Waals surface area contributed by atoms with Crippen molar-refractivity contribution in [3.63, 3.8) is 0 Å². The van der Waals surface area contributed by atoms with Crippen LogP contribution in [0, 0.1) is 11.2 Å². The molecular formula is C23H25FO4. The van der Waals surface area contributed by atoms with Crippen molar-refractivity contribution in [3.05, 3.63) is 52.8 Å². The summed E-state index contributed by atoms with van der Waals surface area (Å²) < 4.78 is 30.9. The fraction of sp³-hybridized carbons (Fsp3) is 0.435. The second kappa shape index (κ2) is 7.12. The van der Waals surface area contributed by atoms with Crippen LogP contribution in [0.25, 0.3) is 0 Å². The highest BCUT2D eigenvalue weighted by Crippen LogP contribution is 2.55. The number of methoxy groups -OCH3 is 1. The highest BCUT2D eigenvalue weighted by atomic mass is 19.1. The zero-order valence-electron chi connectivity index (χ0n) is 16.5. The molecule has 0 fully saturated rings. The number of carbonyl (C=O) groups excluding carboxylic acids is 1. The molecule has 0 radical (unpaired) electrons. The number of halogens is 1. The second-order valence-corrected chi connectivity index (χ2v) is 8.27. The Morgan fingerprint density at radius 2 is 2.07 bits per heavy atom. The van der Waals surface area contributed by atoms with E-state index in [2.05, 4.69) is 13.8 Å². The number of ether oxygens (including phenoxy) is 3. The lowest BCUT2D eigenvalue weighted by Crippen LogP contribution is -2.31. The fourth-order valence-corrected chi connectivity index (χ4v) is 4.42. The van der Waals surface area contributed by atoms with Crippen molar-refractivity contribution in [3.8, 4) is 17.2 Å². The van der Waals surface area contributed by atoms with Crippen molar-refractivity contribution in [1.29, 1.82) is 0 Å². The van der Waals surface area contributed by atoms with Crippen LogP contribution in [0.2, 0.25) is 0 Å². The third-order valence-corrected chi connectivity index (χ3v) is 6.06. The van der Waals surface area contributed by atoms with E-state index in [9.17, 15) is 9.18 Å². The number of fused-ring (bicyclic) bond motifs is 2. The molecular weight excluding hydrogens is 359 g/mol. The average molecular weight is 384 g/mol. The Balaban J connectivity index is 1.69. The highest BCUT2D eigenvalue weighted by molar-refractivity contribution is 5.82. The number of benzene rings is 2. The fourth-order valence-electron chi connectivity index (χ4n) is 4.42. The number of rotatable bonds is 5. The first-order valence-electron chi connectivity index (χ1n) is 9.65. The third-order valence-electron chi connectivity index (χ3n) is 6.06. The van der Waals surface area contributed by atoms with Crippen molar-refractivity contribution >= 4 is 5.78 Å². The minimum absolute atomic E-state index is 0.0238. The topological polar surface area (TPSA) is 44.8 Å². The molecule has 0 aromatic heterocycles. The van der Waals surface area contributed by atoms with E-state index in [1.807, 2.05) is 6.07 Å². The van der Waals surface area contributed by atoms with Gasteiger partial charge in [-0.2, -0.15) is 0 Å². The van der Waals surface area contributed by atoms with E-state index in [4.69, 9.17) is 14.2 Å². The monoisotopic (exact) mass is 384 g/mol. The molecule has 2 aromatic rings. The van der Waals surface area contributed by atoms with E-state index in [1.165, 1.54) is 6.07 Å². The van der Waals surface area contributed by atoms with E-state index in [0.29, 0.717) is 29.2 Å². The van der Waals surface area contributed by atoms with Gasteiger partial charge in [0.2, 0.25) is 12.5 Å². The number of carbonyl (C=O) groups is 1. The number of hydrogen-bond acceptors (Lipinski definition) is 4. The first-order valence-corrected chi connectivity index (χ1v) is 9.65. The maximum atomic E-state index is 14.0. The molecule has 28 heavy (non-hydrogen) atoms. The Morgan fingerprint density at radius 3 is 2.82 bits per heavy atom. The van der Waals surface area contributed by atoms with Crippen LogP contribution >= 0.6 is 0 Å². The van der Waals surface area contributed by atoms with Crippen molar-refractivity contribution in [2.45, 2.75) is 45.4 Å². The number of aryl methyl sites for hydroxylation is 1. The Hall–Kier alpha value is -2.56. The van der Waals surface area contributed by atoms with Crippen LogP contribution in [0.5, 0.6) is 17.2 Å². The van der Waals surface area contributed by atoms with E-state index in [0.717, 1.165) is 24.0 Å². The summed E-state index contributed by atoms with van der Waals surface area (Å²) in [6.07, 6.45) is 2.29. The van der Waals surface area contributed by atoms with Gasteiger partial charge < -0.3 is 14.2 Å². The van der Waals surface area contributed by atoms with Crippen molar-refractivity contribution in [2.24, 2.45) is 5.41 Å². The Morgan fingerprint density at radius 1 is 1.29 bits per heavy atom. The lowest BCUT2D eigenvalue weighted by atomic mass is 9.64. The van der Waals surface area contributed by atoms with E-state index in [1.54, 1.807) is 25.3 Å². The van der Waals surface area contributed by atoms with Crippen LogP contribution in [0.3, 0.4) is 0 Å². The molecule has 0 saturated heterocycles. The molecule has 4 rings (SSSR count). The molecule has 148 valence electrons. The molecule has 5 heteroatoms. The molecule has 4 nitrogen and oxygen atoms in total. The van der Waals surface area contributed by atoms with E-state index in [-0.39, 0.29) is 36.1 Å². The minimum Gasteiger partial charge on any atom is -0.492 e. The normalized spacial score (nSPS) is 19.2. The molecule has 0 spiro atoms. The van der Waals surface area contributed by atoms with Gasteiger partial charge in [0.05, 0.1) is 7.11 Å². The van der Waals surface area contributed by atoms with Crippen molar-refractivity contribution in [1.82, 2.24) is 0 Å². The maximum absolute atomic E-state index is 14.0. The number of Topliss-reactive ketones (excluding diaryl/α,β-unsaturated/α-hetero) is 1. The van der Waals surface area contributed by atoms with Crippen LogP contribution in [0.1, 0.15) is 49.3 Å². The smallest absolute Gasteiger partial charge is 0.231 e. The molecule has 0 saturated carbocycles. The molecule has 1 atom stereocenters. The van der Waals surface area contributed by atoms with Gasteiger partial charge in [-0.3, -0.25) is 4.79 Å². The Kier molecular flexibility index (Phi) is 4.77. The van der Waals surface area contributed by atoms with Gasteiger partial charge in [-0.05, 0) is 47.4 Å². The first-order chi connectivity index (χ1) is 13.4. The summed E-state index contributed by atoms with van der Waals surface area (Å²) in [5, 5.41) is 0. The molecule has 0 amide bonds. The van der Waals surface area contributed by atoms with Gasteiger partial charge in [0.25, 0.3) is 0 Å². The molecule has 2 aliphatic rings. The number of hydrogen-bond donors (Lipinski definition) is 0. The molecule has 1 aliphatic heterocycles. The second-order valence-electron chi connectivity index (χ2n) is 8.27. The number of ketones is 1. The van der Waals surface area contributed by atoms with Gasteiger partial charge in [-0.25, -0.2) is 4.39 Å². The lowest BCUT2D eigenvalue weighted by molar-refractivity contribution is -0.119. The highest BCUT2D eigenvalue weighted by Gasteiger charge is 2.41. The summed E-state index contributed by atoms with van der Waals surface area (Å²) in [5.41, 5.74) is 2.53. The van der Waals surface area contributed by atoms with Crippen LogP contribution in [-0.2, 0) is 17.6 Å². The molecule has 1 heterocycles. The summed E-state index contributed by atoms with van der Waals surface area (Å²) >= 11 is 0. The average Bonchev–Trinajstić information content (AvgIpc) is 3.12. The summed E-state index contributed by atoms with van der Waals surface area (Å²) in [4.78, 5) is 12.9. The van der Waals surface area contributed by atoms with Gasteiger partial charge >= 0.3 is 0 Å². The van der Waals surface area contributed by atoms with Crippen LogP contribution in [0.4, 0.5) is 4.39 Å². The van der Waals surface area contributed by atoms with E-state index < -0.39 is 0 Å². The summed E-state index contributed by atoms with van der Waals surface area (Å²) in [6, 6.07) is 8.48. The Bertz CT molecular complexity index is 919. The van der Waals surface area contributed by atoms with Gasteiger partial charge in [-0.15, -0.1) is 0 Å². The standard InChI is InChI=1S/C23H25FO4/c1-23(2)9-8-15-11-19-21(28-13-27-19)22(26-3)20(15)17(23)12-16(25)10-14-6-4-5-7-18(14)24/h4-7,11,17H,8-10,12-13H2,1-3H3. The summed E-state index contributed by atoms with van der Waals surface area (Å²) in [7, 11) is 1.62. The maximum Gasteiger partial charge on any atom is 0.231 e. The van der Waals surface area contributed by atoms with Crippen LogP contribution in [0.15, 0.2) is 30.3 Å². The van der Waals surface area contributed by atoms with Crippen molar-refractivity contribution in [2.75, 3.05) is 13.9 Å². The van der Waals surface area contributed by atoms with E-state index >= 15 is 0 Å². The summed E-state index contributed by atoms with van der Waals surface area (Å²) in [6.45, 7) is 4.54. The third kappa shape index (κ3) is 3.23. The van der Waals surface area contributed by atoms with Crippen LogP contribution in [-0.4, -0.2) is 19.7 Å². The molecule has 2 aromatic carbocycles. The van der Waals surface area contributed by atoms with Gasteiger partial charge in [0.1, 0.15) is 11.6 Å². The SMILES string of the molecule is COc1c2c(cc3c1C(CC(=O)Cc1ccccc1F)C(C)(C)CC3)OCO2. The molecule has 0 N–H and O–H groups in total. The lowest BCUT2D eigenvalue weighted by Gasteiger charge is -2.40. The largest absolute Gasteiger partial charge is 0.492 e.